The van der Waals surface area contributed by atoms with E-state index in [0.29, 0.717) is 23.9 Å². The summed E-state index contributed by atoms with van der Waals surface area (Å²) in [4.78, 5) is 37.7. The summed E-state index contributed by atoms with van der Waals surface area (Å²) in [5.41, 5.74) is 0. The van der Waals surface area contributed by atoms with Gasteiger partial charge in [-0.15, -0.1) is 0 Å². The number of nitrogens with zero attached hydrogens (tertiary/aromatic N) is 1. The van der Waals surface area contributed by atoms with Gasteiger partial charge in [0.05, 0.1) is 40.3 Å². The lowest BCUT2D eigenvalue weighted by Crippen LogP contribution is -2.44. The number of allylic oxidation sites excluding steroid dienone is 18. The highest BCUT2D eigenvalue weighted by Crippen LogP contribution is 2.20. The maximum atomic E-state index is 13.0. The van der Waals surface area contributed by atoms with E-state index in [-0.39, 0.29) is 32.2 Å². The standard InChI is InChI=1S/C90H159NO8/c1-6-8-10-12-14-16-18-20-22-24-26-28-30-32-34-36-38-40-41-42-43-44-45-46-47-49-50-52-54-56-58-60-62-64-66-68-70-72-74-76-78-80-87(92)97-84-86(85-98-90(89(94)95)96-83-82-91(3,4)5)99-88(93)81-79-77-75-73-71-69-67-65-63-61-59-57-55-53-51-48-39-37-35-33-31-29-27-25-23-21-19-17-15-13-11-9-7-2/h8-11,14-17,20-23,26-29,33,35,86,90H,6-7,12-13,18-19,24-25,30-32,34,36-85H2,1-5H3/b10-8-,11-9-,16-14-,17-15-,22-20-,23-21-,28-26-,29-27-,35-33-. The van der Waals surface area contributed by atoms with Crippen LogP contribution in [0.5, 0.6) is 0 Å². The van der Waals surface area contributed by atoms with Gasteiger partial charge in [0, 0.05) is 12.8 Å². The number of carbonyl (C=O) groups excluding carboxylic acids is 3. The Labute approximate surface area is 613 Å². The van der Waals surface area contributed by atoms with Crippen molar-refractivity contribution in [3.63, 3.8) is 0 Å². The molecular formula is C90H159NO8. The second-order valence-electron chi connectivity index (χ2n) is 29.4. The molecule has 0 aliphatic rings. The highest BCUT2D eigenvalue weighted by atomic mass is 16.7. The van der Waals surface area contributed by atoms with Crippen molar-refractivity contribution in [2.24, 2.45) is 0 Å². The van der Waals surface area contributed by atoms with E-state index in [1.54, 1.807) is 0 Å². The molecule has 0 N–H and O–H groups in total. The Hall–Kier alpha value is -4.05. The van der Waals surface area contributed by atoms with Gasteiger partial charge in [-0.1, -0.05) is 386 Å². The lowest BCUT2D eigenvalue weighted by molar-refractivity contribution is -0.870. The molecule has 0 aliphatic carbocycles. The molecule has 572 valence electrons. The van der Waals surface area contributed by atoms with Crippen molar-refractivity contribution < 1.29 is 42.9 Å². The average molecular weight is 1380 g/mol. The Morgan fingerprint density at radius 2 is 0.545 bits per heavy atom. The molecule has 0 aliphatic heterocycles. The summed E-state index contributed by atoms with van der Waals surface area (Å²) < 4.78 is 22.9. The van der Waals surface area contributed by atoms with E-state index in [0.717, 1.165) is 89.9 Å². The van der Waals surface area contributed by atoms with Gasteiger partial charge >= 0.3 is 11.9 Å². The van der Waals surface area contributed by atoms with Crippen LogP contribution in [-0.2, 0) is 33.3 Å². The summed E-state index contributed by atoms with van der Waals surface area (Å²) in [6.07, 6.45) is 109. The summed E-state index contributed by atoms with van der Waals surface area (Å²) in [6.45, 7) is 4.57. The third-order valence-electron chi connectivity index (χ3n) is 18.5. The van der Waals surface area contributed by atoms with Crippen molar-refractivity contribution in [2.75, 3.05) is 47.5 Å². The normalized spacial score (nSPS) is 13.2. The highest BCUT2D eigenvalue weighted by molar-refractivity contribution is 5.70. The predicted molar refractivity (Wildman–Crippen MR) is 426 cm³/mol. The Bertz CT molecular complexity index is 2000. The lowest BCUT2D eigenvalue weighted by Gasteiger charge is -2.26. The fourth-order valence-electron chi connectivity index (χ4n) is 12.2. The van der Waals surface area contributed by atoms with Crippen LogP contribution in [0.1, 0.15) is 386 Å². The molecule has 0 spiro atoms. The minimum Gasteiger partial charge on any atom is -0.545 e. The Balaban J connectivity index is 3.94. The van der Waals surface area contributed by atoms with Crippen molar-refractivity contribution in [1.29, 1.82) is 0 Å². The van der Waals surface area contributed by atoms with E-state index in [1.165, 1.54) is 263 Å². The van der Waals surface area contributed by atoms with Gasteiger partial charge in [0.1, 0.15) is 13.2 Å². The van der Waals surface area contributed by atoms with Crippen LogP contribution in [0.15, 0.2) is 109 Å². The average Bonchev–Trinajstić information content (AvgIpc) is 1.57. The van der Waals surface area contributed by atoms with E-state index in [1.807, 2.05) is 21.1 Å². The van der Waals surface area contributed by atoms with Crippen molar-refractivity contribution in [1.82, 2.24) is 0 Å². The Morgan fingerprint density at radius 3 is 0.808 bits per heavy atom. The minimum atomic E-state index is -1.62. The number of aliphatic carboxylic acids is 1. The fraction of sp³-hybridized carbons (Fsp3) is 0.767. The van der Waals surface area contributed by atoms with Crippen LogP contribution < -0.4 is 5.11 Å². The smallest absolute Gasteiger partial charge is 0.306 e. The highest BCUT2D eigenvalue weighted by Gasteiger charge is 2.22. The molecule has 0 radical (unpaired) electrons. The zero-order valence-electron chi connectivity index (χ0n) is 65.6. The number of ether oxygens (including phenoxy) is 4. The number of hydrogen-bond donors (Lipinski definition) is 0. The first-order chi connectivity index (χ1) is 48.6. The van der Waals surface area contributed by atoms with E-state index in [4.69, 9.17) is 18.9 Å². The number of carboxylic acids is 1. The number of rotatable bonds is 78. The maximum absolute atomic E-state index is 13.0. The molecular weight excluding hydrogens is 1220 g/mol. The maximum Gasteiger partial charge on any atom is 0.306 e. The molecule has 0 fully saturated rings. The fourth-order valence-corrected chi connectivity index (χ4v) is 12.2. The topological polar surface area (TPSA) is 111 Å². The SMILES string of the molecule is CC/C=C\C/C=C\C/C=C\C/C=C\C/C=C\CCCCCCCCCCCCCCCCCCCC(=O)OC(COC(=O)CCCCCCCCCCCCCCCCCCCCCCCCCCCCCC/C=C\C/C=C\C/C=C\C/C=C\CC)COC(OCC[N+](C)(C)C)C(=O)[O-]. The quantitative estimate of drug-likeness (QED) is 0.0195. The molecule has 2 atom stereocenters. The van der Waals surface area contributed by atoms with Crippen LogP contribution in [0.3, 0.4) is 0 Å². The van der Waals surface area contributed by atoms with Crippen LogP contribution in [0.4, 0.5) is 0 Å². The molecule has 2 unspecified atom stereocenters. The number of carbonyl (C=O) groups is 3. The van der Waals surface area contributed by atoms with Gasteiger partial charge in [0.2, 0.25) is 0 Å². The van der Waals surface area contributed by atoms with Crippen molar-refractivity contribution >= 4 is 17.9 Å². The second-order valence-corrected chi connectivity index (χ2v) is 29.4. The van der Waals surface area contributed by atoms with Crippen LogP contribution in [0, 0.1) is 0 Å². The van der Waals surface area contributed by atoms with Gasteiger partial charge in [0.25, 0.3) is 0 Å². The van der Waals surface area contributed by atoms with Gasteiger partial charge in [-0.25, -0.2) is 0 Å². The summed E-state index contributed by atoms with van der Waals surface area (Å²) in [6, 6.07) is 0. The van der Waals surface area contributed by atoms with Crippen LogP contribution in [-0.4, -0.2) is 82.3 Å². The molecule has 0 rings (SSSR count). The first kappa shape index (κ1) is 94.9. The van der Waals surface area contributed by atoms with Gasteiger partial charge in [-0.2, -0.15) is 0 Å². The second kappa shape index (κ2) is 79.6. The number of carboxylic acid groups (broad SMARTS) is 1. The van der Waals surface area contributed by atoms with Gasteiger partial charge in [-0.3, -0.25) is 9.59 Å². The molecule has 0 aromatic rings. The molecule has 0 heterocycles. The molecule has 0 amide bonds. The third-order valence-corrected chi connectivity index (χ3v) is 18.5. The summed E-state index contributed by atoms with van der Waals surface area (Å²) in [5.74, 6) is -2.26. The van der Waals surface area contributed by atoms with Gasteiger partial charge < -0.3 is 33.3 Å². The number of unbranched alkanes of at least 4 members (excludes halogenated alkanes) is 45. The van der Waals surface area contributed by atoms with Crippen LogP contribution in [0.2, 0.25) is 0 Å². The van der Waals surface area contributed by atoms with Crippen LogP contribution in [0.25, 0.3) is 0 Å². The number of hydrogen-bond acceptors (Lipinski definition) is 8. The molecule has 0 bridgehead atoms. The lowest BCUT2D eigenvalue weighted by atomic mass is 10.0. The summed E-state index contributed by atoms with van der Waals surface area (Å²) >= 11 is 0. The van der Waals surface area contributed by atoms with E-state index < -0.39 is 24.3 Å². The van der Waals surface area contributed by atoms with Crippen molar-refractivity contribution in [2.45, 2.75) is 399 Å². The largest absolute Gasteiger partial charge is 0.545 e. The Morgan fingerprint density at radius 1 is 0.303 bits per heavy atom. The monoisotopic (exact) mass is 1380 g/mol. The molecule has 0 saturated carbocycles. The first-order valence-corrected chi connectivity index (χ1v) is 42.0. The zero-order chi connectivity index (χ0) is 71.8. The molecule has 0 aromatic heterocycles. The van der Waals surface area contributed by atoms with Crippen molar-refractivity contribution in [3.05, 3.63) is 109 Å². The third kappa shape index (κ3) is 81.1. The number of esters is 2. The van der Waals surface area contributed by atoms with Gasteiger partial charge in [-0.05, 0) is 96.3 Å². The predicted octanol–water partition coefficient (Wildman–Crippen LogP) is 25.9. The van der Waals surface area contributed by atoms with Gasteiger partial charge in [0.15, 0.2) is 12.4 Å². The molecule has 0 saturated heterocycles. The van der Waals surface area contributed by atoms with E-state index in [2.05, 4.69) is 123 Å². The van der Waals surface area contributed by atoms with Crippen molar-refractivity contribution in [3.8, 4) is 0 Å². The number of likely N-dealkylation sites (N-methyl/N-ethyl adjacent to an activating group) is 1. The van der Waals surface area contributed by atoms with E-state index >= 15 is 0 Å². The first-order valence-electron chi connectivity index (χ1n) is 42.0. The summed E-state index contributed by atoms with van der Waals surface area (Å²) in [7, 11) is 5.95. The van der Waals surface area contributed by atoms with E-state index in [9.17, 15) is 19.5 Å². The van der Waals surface area contributed by atoms with Crippen LogP contribution >= 0.6 is 0 Å². The zero-order valence-corrected chi connectivity index (χ0v) is 65.6. The minimum absolute atomic E-state index is 0.147. The number of quaternary nitrogens is 1. The molecule has 0 aromatic carbocycles. The summed E-state index contributed by atoms with van der Waals surface area (Å²) in [5, 5.41) is 11.9. The molecule has 99 heavy (non-hydrogen) atoms. The molecule has 9 nitrogen and oxygen atoms in total. The Kier molecular flexibility index (Phi) is 76.4. The molecule has 9 heteroatoms.